The number of rotatable bonds is 7. The fourth-order valence-electron chi connectivity index (χ4n) is 3.03. The van der Waals surface area contributed by atoms with E-state index in [0.29, 0.717) is 33.4 Å². The van der Waals surface area contributed by atoms with Crippen molar-refractivity contribution in [2.24, 2.45) is 0 Å². The second kappa shape index (κ2) is 9.36. The molecule has 32 heavy (non-hydrogen) atoms. The Balaban J connectivity index is 1.38. The van der Waals surface area contributed by atoms with Crippen LogP contribution in [-0.2, 0) is 11.3 Å². The highest BCUT2D eigenvalue weighted by atomic mass is 35.5. The largest absolute Gasteiger partial charge is 0.497 e. The molecule has 10 heteroatoms. The van der Waals surface area contributed by atoms with E-state index in [1.54, 1.807) is 61.8 Å². The van der Waals surface area contributed by atoms with Crippen LogP contribution >= 0.6 is 11.6 Å². The first kappa shape index (κ1) is 21.1. The van der Waals surface area contributed by atoms with Crippen molar-refractivity contribution in [2.75, 3.05) is 17.7 Å². The molecule has 4 rings (SSSR count). The maximum Gasteiger partial charge on any atom is 0.259 e. The lowest BCUT2D eigenvalue weighted by Gasteiger charge is -2.06. The van der Waals surface area contributed by atoms with Crippen molar-refractivity contribution in [3.63, 3.8) is 0 Å². The summed E-state index contributed by atoms with van der Waals surface area (Å²) in [4.78, 5) is 25.0. The number of benzene rings is 2. The normalized spacial score (nSPS) is 10.6. The lowest BCUT2D eigenvalue weighted by atomic mass is 10.1. The van der Waals surface area contributed by atoms with Crippen molar-refractivity contribution in [1.29, 1.82) is 0 Å². The Kier molecular flexibility index (Phi) is 6.18. The molecule has 0 aliphatic rings. The van der Waals surface area contributed by atoms with Crippen molar-refractivity contribution < 1.29 is 14.3 Å². The van der Waals surface area contributed by atoms with E-state index in [1.165, 1.54) is 17.1 Å². The molecule has 3 N–H and O–H groups in total. The van der Waals surface area contributed by atoms with Crippen LogP contribution in [0.4, 0.5) is 11.4 Å². The van der Waals surface area contributed by atoms with Crippen LogP contribution < -0.4 is 15.4 Å². The molecule has 2 aromatic carbocycles. The smallest absolute Gasteiger partial charge is 0.259 e. The predicted molar refractivity (Wildman–Crippen MR) is 121 cm³/mol. The minimum absolute atomic E-state index is 0.0103. The number of hydrogen-bond acceptors (Lipinski definition) is 5. The number of aromatic nitrogens is 4. The van der Waals surface area contributed by atoms with Crippen molar-refractivity contribution in [3.8, 4) is 17.0 Å². The zero-order chi connectivity index (χ0) is 22.5. The minimum atomic E-state index is -0.356. The summed E-state index contributed by atoms with van der Waals surface area (Å²) in [5, 5.41) is 17.1. The Morgan fingerprint density at radius 1 is 1.03 bits per heavy atom. The van der Waals surface area contributed by atoms with Gasteiger partial charge < -0.3 is 15.4 Å². The van der Waals surface area contributed by atoms with Crippen molar-refractivity contribution in [3.05, 3.63) is 77.7 Å². The van der Waals surface area contributed by atoms with Gasteiger partial charge in [0, 0.05) is 22.5 Å². The molecule has 0 fully saturated rings. The number of hydrogen-bond donors (Lipinski definition) is 3. The van der Waals surface area contributed by atoms with Crippen LogP contribution in [0.15, 0.2) is 67.1 Å². The maximum absolute atomic E-state index is 12.7. The summed E-state index contributed by atoms with van der Waals surface area (Å²) < 4.78 is 6.53. The lowest BCUT2D eigenvalue weighted by molar-refractivity contribution is -0.116. The molecule has 162 valence electrons. The van der Waals surface area contributed by atoms with E-state index >= 15 is 0 Å². The molecule has 0 aliphatic heterocycles. The number of methoxy groups -OCH3 is 1. The van der Waals surface area contributed by atoms with Gasteiger partial charge in [-0.05, 0) is 36.4 Å². The van der Waals surface area contributed by atoms with Crippen molar-refractivity contribution in [1.82, 2.24) is 20.0 Å². The van der Waals surface area contributed by atoms with Crippen LogP contribution in [0.5, 0.6) is 5.75 Å². The van der Waals surface area contributed by atoms with Gasteiger partial charge in [0.15, 0.2) is 0 Å². The maximum atomic E-state index is 12.7. The molecule has 0 radical (unpaired) electrons. The number of carbonyl (C=O) groups is 2. The SMILES string of the molecule is COc1ccc(NC(=O)Cn2cc(NC(=O)c3cn[nH]c3-c3ccc(Cl)cc3)cn2)cc1. The monoisotopic (exact) mass is 450 g/mol. The second-order valence-corrected chi connectivity index (χ2v) is 7.26. The van der Waals surface area contributed by atoms with Gasteiger partial charge in [0.2, 0.25) is 5.91 Å². The van der Waals surface area contributed by atoms with Gasteiger partial charge in [-0.2, -0.15) is 10.2 Å². The van der Waals surface area contributed by atoms with Crippen LogP contribution in [-0.4, -0.2) is 38.9 Å². The molecule has 2 aromatic heterocycles. The summed E-state index contributed by atoms with van der Waals surface area (Å²) in [6.07, 6.45) is 4.50. The molecule has 0 saturated carbocycles. The third-order valence-corrected chi connectivity index (χ3v) is 4.84. The van der Waals surface area contributed by atoms with E-state index in [4.69, 9.17) is 16.3 Å². The average Bonchev–Trinajstić information content (AvgIpc) is 3.44. The molecule has 2 heterocycles. The number of halogens is 1. The molecule has 0 spiro atoms. The highest BCUT2D eigenvalue weighted by molar-refractivity contribution is 6.30. The summed E-state index contributed by atoms with van der Waals surface area (Å²) in [5.41, 5.74) is 2.83. The molecule has 0 bridgehead atoms. The van der Waals surface area contributed by atoms with Gasteiger partial charge in [-0.1, -0.05) is 23.7 Å². The number of carbonyl (C=O) groups excluding carboxylic acids is 2. The molecular weight excluding hydrogens is 432 g/mol. The van der Waals surface area contributed by atoms with E-state index < -0.39 is 0 Å². The zero-order valence-corrected chi connectivity index (χ0v) is 17.8. The Labute approximate surface area is 188 Å². The molecule has 0 aliphatic carbocycles. The Bertz CT molecular complexity index is 1230. The highest BCUT2D eigenvalue weighted by Gasteiger charge is 2.16. The average molecular weight is 451 g/mol. The van der Waals surface area contributed by atoms with Crippen LogP contribution in [0, 0.1) is 0 Å². The van der Waals surface area contributed by atoms with Crippen LogP contribution in [0.25, 0.3) is 11.3 Å². The fourth-order valence-corrected chi connectivity index (χ4v) is 3.16. The number of anilines is 2. The molecule has 4 aromatic rings. The first-order chi connectivity index (χ1) is 15.5. The summed E-state index contributed by atoms with van der Waals surface area (Å²) in [6, 6.07) is 14.1. The minimum Gasteiger partial charge on any atom is -0.497 e. The van der Waals surface area contributed by atoms with E-state index in [-0.39, 0.29) is 18.4 Å². The fraction of sp³-hybridized carbons (Fsp3) is 0.0909. The number of aromatic amines is 1. The first-order valence-corrected chi connectivity index (χ1v) is 9.96. The molecule has 0 unspecified atom stereocenters. The zero-order valence-electron chi connectivity index (χ0n) is 17.0. The van der Waals surface area contributed by atoms with Gasteiger partial charge in [0.1, 0.15) is 12.3 Å². The van der Waals surface area contributed by atoms with Crippen LogP contribution in [0.1, 0.15) is 10.4 Å². The van der Waals surface area contributed by atoms with Gasteiger partial charge in [-0.15, -0.1) is 0 Å². The number of ether oxygens (including phenoxy) is 1. The number of amides is 2. The molecule has 2 amide bonds. The summed E-state index contributed by atoms with van der Waals surface area (Å²) >= 11 is 5.93. The van der Waals surface area contributed by atoms with E-state index in [0.717, 1.165) is 5.56 Å². The van der Waals surface area contributed by atoms with E-state index in [2.05, 4.69) is 25.9 Å². The van der Waals surface area contributed by atoms with Gasteiger partial charge in [0.25, 0.3) is 5.91 Å². The molecule has 0 atom stereocenters. The predicted octanol–water partition coefficient (Wildman–Crippen LogP) is 3.83. The third kappa shape index (κ3) is 4.96. The quantitative estimate of drug-likeness (QED) is 0.396. The lowest BCUT2D eigenvalue weighted by Crippen LogP contribution is -2.19. The van der Waals surface area contributed by atoms with Gasteiger partial charge >= 0.3 is 0 Å². The van der Waals surface area contributed by atoms with E-state index in [1.807, 2.05) is 0 Å². The first-order valence-electron chi connectivity index (χ1n) is 9.59. The Morgan fingerprint density at radius 2 is 1.78 bits per heavy atom. The molecule has 0 saturated heterocycles. The molecular formula is C22H19ClN6O3. The van der Waals surface area contributed by atoms with Crippen molar-refractivity contribution >= 4 is 34.8 Å². The summed E-state index contributed by atoms with van der Waals surface area (Å²) in [5.74, 6) is 0.0919. The number of H-pyrrole nitrogens is 1. The second-order valence-electron chi connectivity index (χ2n) is 6.82. The Morgan fingerprint density at radius 3 is 2.50 bits per heavy atom. The number of nitrogens with one attached hydrogen (secondary N) is 3. The highest BCUT2D eigenvalue weighted by Crippen LogP contribution is 2.23. The summed E-state index contributed by atoms with van der Waals surface area (Å²) in [6.45, 7) is -0.0103. The van der Waals surface area contributed by atoms with Crippen LogP contribution in [0.3, 0.4) is 0 Å². The number of nitrogens with zero attached hydrogens (tertiary/aromatic N) is 3. The third-order valence-electron chi connectivity index (χ3n) is 4.59. The van der Waals surface area contributed by atoms with Gasteiger partial charge in [-0.3, -0.25) is 19.4 Å². The molecule has 9 nitrogen and oxygen atoms in total. The topological polar surface area (TPSA) is 114 Å². The van der Waals surface area contributed by atoms with Crippen LogP contribution in [0.2, 0.25) is 5.02 Å². The van der Waals surface area contributed by atoms with Gasteiger partial charge in [0.05, 0.1) is 36.4 Å². The Hall–Kier alpha value is -4.11. The van der Waals surface area contributed by atoms with E-state index in [9.17, 15) is 9.59 Å². The van der Waals surface area contributed by atoms with Crippen molar-refractivity contribution in [2.45, 2.75) is 6.54 Å². The van der Waals surface area contributed by atoms with Gasteiger partial charge in [-0.25, -0.2) is 0 Å². The standard InChI is InChI=1S/C22H19ClN6O3/c1-32-18-8-6-16(7-9-18)26-20(30)13-29-12-17(10-25-29)27-22(31)19-11-24-28-21(19)14-2-4-15(23)5-3-14/h2-12H,13H2,1H3,(H,24,28)(H,26,30)(H,27,31). The summed E-state index contributed by atoms with van der Waals surface area (Å²) in [7, 11) is 1.58.